The van der Waals surface area contributed by atoms with Crippen LogP contribution >= 0.6 is 0 Å². The van der Waals surface area contributed by atoms with E-state index in [0.29, 0.717) is 17.7 Å². The van der Waals surface area contributed by atoms with Crippen LogP contribution in [0, 0.1) is 0 Å². The minimum absolute atomic E-state index is 0.103. The number of ether oxygens (including phenoxy) is 1. The molecule has 2 heterocycles. The summed E-state index contributed by atoms with van der Waals surface area (Å²) in [6.07, 6.45) is -0.161. The van der Waals surface area contributed by atoms with Gasteiger partial charge in [0, 0.05) is 5.56 Å². The van der Waals surface area contributed by atoms with Crippen LogP contribution in [0.3, 0.4) is 0 Å². The van der Waals surface area contributed by atoms with E-state index in [2.05, 4.69) is 15.0 Å². The Morgan fingerprint density at radius 2 is 1.81 bits per heavy atom. The normalized spacial score (nSPS) is 18.6. The molecule has 1 aliphatic heterocycles. The van der Waals surface area contributed by atoms with Gasteiger partial charge in [0.2, 0.25) is 0 Å². The highest BCUT2D eigenvalue weighted by atomic mass is 19.4. The number of hydrogen-bond acceptors (Lipinski definition) is 5. The van der Waals surface area contributed by atoms with Crippen molar-refractivity contribution in [2.24, 2.45) is 0 Å². The lowest BCUT2D eigenvalue weighted by Gasteiger charge is -2.33. The van der Waals surface area contributed by atoms with Crippen molar-refractivity contribution in [3.05, 3.63) is 78.5 Å². The Morgan fingerprint density at radius 3 is 2.50 bits per heavy atom. The average Bonchev–Trinajstić information content (AvgIpc) is 3.25. The van der Waals surface area contributed by atoms with Crippen LogP contribution < -0.4 is 4.74 Å². The van der Waals surface area contributed by atoms with Crippen LogP contribution in [-0.4, -0.2) is 56.1 Å². The topological polar surface area (TPSA) is 80.5 Å². The largest absolute Gasteiger partial charge is 0.573 e. The van der Waals surface area contributed by atoms with E-state index in [4.69, 9.17) is 0 Å². The Kier molecular flexibility index (Phi) is 5.95. The average molecular weight is 444 g/mol. The van der Waals surface area contributed by atoms with Crippen molar-refractivity contribution < 1.29 is 27.8 Å². The molecule has 7 nitrogen and oxygen atoms in total. The van der Waals surface area contributed by atoms with E-state index in [1.807, 2.05) is 30.3 Å². The zero-order valence-corrected chi connectivity index (χ0v) is 16.7. The third-order valence-electron chi connectivity index (χ3n) is 4.95. The maximum absolute atomic E-state index is 13.1. The second-order valence-corrected chi connectivity index (χ2v) is 7.26. The standard InChI is InChI=1S/C22H19F3N4O3/c23-22(24,25)32-19-10-6-16(7-11-19)20-14-29(27-26-20)21(31)28-13-18(30)9-8-17(28)12-15-4-2-1-3-5-15/h1-11,14,17-18,30H,12-13H2/t17-,18+/m1/s1. The number of nitrogens with zero attached hydrogens (tertiary/aromatic N) is 4. The highest BCUT2D eigenvalue weighted by Crippen LogP contribution is 2.26. The number of aromatic nitrogens is 3. The van der Waals surface area contributed by atoms with Gasteiger partial charge in [-0.1, -0.05) is 47.7 Å². The van der Waals surface area contributed by atoms with Gasteiger partial charge in [0.25, 0.3) is 0 Å². The van der Waals surface area contributed by atoms with Crippen LogP contribution in [-0.2, 0) is 6.42 Å². The molecule has 2 atom stereocenters. The minimum Gasteiger partial charge on any atom is -0.406 e. The van der Waals surface area contributed by atoms with Crippen molar-refractivity contribution in [3.8, 4) is 17.0 Å². The molecule has 0 aliphatic carbocycles. The second-order valence-electron chi connectivity index (χ2n) is 7.26. The molecule has 1 aromatic heterocycles. The summed E-state index contributed by atoms with van der Waals surface area (Å²) in [5.74, 6) is -0.359. The zero-order chi connectivity index (χ0) is 22.7. The molecule has 166 valence electrons. The summed E-state index contributed by atoms with van der Waals surface area (Å²) in [7, 11) is 0. The summed E-state index contributed by atoms with van der Waals surface area (Å²) in [5, 5.41) is 17.9. The molecule has 0 bridgehead atoms. The summed E-state index contributed by atoms with van der Waals surface area (Å²) >= 11 is 0. The first kappa shape index (κ1) is 21.6. The van der Waals surface area contributed by atoms with Crippen molar-refractivity contribution in [1.82, 2.24) is 19.9 Å². The molecular weight excluding hydrogens is 425 g/mol. The number of β-amino-alcohol motifs (C(OH)–C–C–N with tert-alkyl or cyclic N) is 1. The summed E-state index contributed by atoms with van der Waals surface area (Å²) in [6.45, 7) is 0.103. The van der Waals surface area contributed by atoms with Gasteiger partial charge in [0.05, 0.1) is 24.9 Å². The monoisotopic (exact) mass is 444 g/mol. The van der Waals surface area contributed by atoms with Crippen LogP contribution in [0.5, 0.6) is 5.75 Å². The third-order valence-corrected chi connectivity index (χ3v) is 4.95. The first-order chi connectivity index (χ1) is 15.3. The van der Waals surface area contributed by atoms with Crippen LogP contribution in [0.4, 0.5) is 18.0 Å². The first-order valence-electron chi connectivity index (χ1n) is 9.78. The van der Waals surface area contributed by atoms with Crippen molar-refractivity contribution >= 4 is 6.03 Å². The molecule has 1 aliphatic rings. The number of benzene rings is 2. The molecule has 3 aromatic rings. The Hall–Kier alpha value is -3.66. The number of rotatable bonds is 4. The van der Waals surface area contributed by atoms with E-state index in [9.17, 15) is 23.1 Å². The fourth-order valence-corrected chi connectivity index (χ4v) is 3.46. The summed E-state index contributed by atoms with van der Waals surface area (Å²) in [5.41, 5.74) is 1.82. The summed E-state index contributed by atoms with van der Waals surface area (Å²) in [6, 6.07) is 14.0. The van der Waals surface area contributed by atoms with E-state index < -0.39 is 18.5 Å². The summed E-state index contributed by atoms with van der Waals surface area (Å²) in [4.78, 5) is 14.6. The number of aliphatic hydroxyl groups excluding tert-OH is 1. The van der Waals surface area contributed by atoms with Gasteiger partial charge < -0.3 is 14.7 Å². The van der Waals surface area contributed by atoms with E-state index >= 15 is 0 Å². The van der Waals surface area contributed by atoms with E-state index in [1.165, 1.54) is 23.2 Å². The molecule has 10 heteroatoms. The predicted molar refractivity (Wildman–Crippen MR) is 109 cm³/mol. The maximum Gasteiger partial charge on any atom is 0.573 e. The van der Waals surface area contributed by atoms with Gasteiger partial charge in [0.15, 0.2) is 0 Å². The van der Waals surface area contributed by atoms with Crippen molar-refractivity contribution in [1.29, 1.82) is 0 Å². The SMILES string of the molecule is O=C(N1C[C@@H](O)C=C[C@@H]1Cc1ccccc1)n1cc(-c2ccc(OC(F)(F)F)cc2)nn1. The predicted octanol–water partition coefficient (Wildman–Crippen LogP) is 3.66. The molecule has 0 saturated carbocycles. The number of carbonyl (C=O) groups is 1. The highest BCUT2D eigenvalue weighted by molar-refractivity contribution is 5.78. The van der Waals surface area contributed by atoms with Gasteiger partial charge >= 0.3 is 12.4 Å². The Labute approximate surface area is 181 Å². The van der Waals surface area contributed by atoms with Gasteiger partial charge in [-0.25, -0.2) is 4.79 Å². The number of halogens is 3. The Morgan fingerprint density at radius 1 is 1.09 bits per heavy atom. The number of amides is 1. The molecule has 0 radical (unpaired) electrons. The molecule has 2 aromatic carbocycles. The molecule has 1 amide bonds. The van der Waals surface area contributed by atoms with Crippen LogP contribution in [0.1, 0.15) is 5.56 Å². The van der Waals surface area contributed by atoms with Gasteiger partial charge in [-0.05, 0) is 36.2 Å². The number of carbonyl (C=O) groups excluding carboxylic acids is 1. The highest BCUT2D eigenvalue weighted by Gasteiger charge is 2.31. The molecule has 0 fully saturated rings. The number of hydrogen-bond donors (Lipinski definition) is 1. The maximum atomic E-state index is 13.1. The van der Waals surface area contributed by atoms with Crippen LogP contribution in [0.15, 0.2) is 72.9 Å². The number of alkyl halides is 3. The lowest BCUT2D eigenvalue weighted by molar-refractivity contribution is -0.274. The van der Waals surface area contributed by atoms with E-state index in [0.717, 1.165) is 22.4 Å². The molecule has 0 spiro atoms. The smallest absolute Gasteiger partial charge is 0.406 e. The molecular formula is C22H19F3N4O3. The van der Waals surface area contributed by atoms with Gasteiger partial charge in [-0.3, -0.25) is 0 Å². The lowest BCUT2D eigenvalue weighted by atomic mass is 10.0. The Balaban J connectivity index is 1.51. The van der Waals surface area contributed by atoms with Gasteiger partial charge in [0.1, 0.15) is 11.4 Å². The fraction of sp³-hybridized carbons (Fsp3) is 0.227. The number of aliphatic hydroxyl groups is 1. The first-order valence-corrected chi connectivity index (χ1v) is 9.78. The van der Waals surface area contributed by atoms with Crippen LogP contribution in [0.2, 0.25) is 0 Å². The fourth-order valence-electron chi connectivity index (χ4n) is 3.46. The molecule has 0 saturated heterocycles. The Bertz CT molecular complexity index is 1100. The molecule has 1 N–H and O–H groups in total. The second kappa shape index (κ2) is 8.83. The third kappa shape index (κ3) is 5.14. The lowest BCUT2D eigenvalue weighted by Crippen LogP contribution is -2.49. The zero-order valence-electron chi connectivity index (χ0n) is 16.7. The minimum atomic E-state index is -4.78. The van der Waals surface area contributed by atoms with Crippen molar-refractivity contribution in [2.75, 3.05) is 6.54 Å². The molecule has 32 heavy (non-hydrogen) atoms. The van der Waals surface area contributed by atoms with Crippen molar-refractivity contribution in [2.45, 2.75) is 24.9 Å². The molecule has 4 rings (SSSR count). The van der Waals surface area contributed by atoms with Crippen LogP contribution in [0.25, 0.3) is 11.3 Å². The van der Waals surface area contributed by atoms with Gasteiger partial charge in [-0.2, -0.15) is 4.68 Å². The van der Waals surface area contributed by atoms with E-state index in [1.54, 1.807) is 12.2 Å². The van der Waals surface area contributed by atoms with E-state index in [-0.39, 0.29) is 18.3 Å². The summed E-state index contributed by atoms with van der Waals surface area (Å²) < 4.78 is 41.9. The van der Waals surface area contributed by atoms with Gasteiger partial charge in [-0.15, -0.1) is 18.3 Å². The van der Waals surface area contributed by atoms with Crippen molar-refractivity contribution in [3.63, 3.8) is 0 Å². The molecule has 0 unspecified atom stereocenters. The quantitative estimate of drug-likeness (QED) is 0.622.